The first-order chi connectivity index (χ1) is 11.4. The van der Waals surface area contributed by atoms with Crippen LogP contribution in [0.5, 0.6) is 5.75 Å². The summed E-state index contributed by atoms with van der Waals surface area (Å²) in [4.78, 5) is 1.97. The number of aliphatic hydroxyl groups is 1. The first-order valence-corrected chi connectivity index (χ1v) is 8.90. The van der Waals surface area contributed by atoms with Gasteiger partial charge in [-0.3, -0.25) is 4.90 Å². The van der Waals surface area contributed by atoms with Gasteiger partial charge in [-0.05, 0) is 37.7 Å². The van der Waals surface area contributed by atoms with E-state index in [1.165, 1.54) is 6.07 Å². The average molecular weight is 370 g/mol. The Morgan fingerprint density at radius 3 is 2.38 bits per heavy atom. The minimum Gasteiger partial charge on any atom is -0.508 e. The Kier molecular flexibility index (Phi) is 4.96. The first-order valence-electron chi connectivity index (χ1n) is 8.15. The standard InChI is InChI=1S/C17H21Cl2N3O2/c18-12-7-11(14(23)8-13(12)19)15(21)10-1-5-22(6-2-10)16(24)17(9-20)3-4-17/h7-8,10,15-16,23-24H,1-6,21H2. The number of nitrogens with two attached hydrogens (primary N) is 1. The van der Waals surface area contributed by atoms with Crippen LogP contribution in [0.4, 0.5) is 0 Å². The van der Waals surface area contributed by atoms with Crippen molar-refractivity contribution in [3.8, 4) is 11.8 Å². The van der Waals surface area contributed by atoms with Crippen molar-refractivity contribution in [2.75, 3.05) is 13.1 Å². The van der Waals surface area contributed by atoms with E-state index < -0.39 is 11.6 Å². The molecule has 0 bridgehead atoms. The number of piperidine rings is 1. The van der Waals surface area contributed by atoms with Crippen molar-refractivity contribution in [1.29, 1.82) is 5.26 Å². The maximum Gasteiger partial charge on any atom is 0.126 e. The molecule has 5 nitrogen and oxygen atoms in total. The molecule has 0 amide bonds. The first kappa shape index (κ1) is 17.8. The quantitative estimate of drug-likeness (QED) is 0.758. The molecule has 1 saturated heterocycles. The Morgan fingerprint density at radius 1 is 1.25 bits per heavy atom. The van der Waals surface area contributed by atoms with E-state index in [1.54, 1.807) is 6.07 Å². The second-order valence-corrected chi connectivity index (χ2v) is 7.68. The Morgan fingerprint density at radius 2 is 1.83 bits per heavy atom. The van der Waals surface area contributed by atoms with E-state index in [4.69, 9.17) is 28.9 Å². The van der Waals surface area contributed by atoms with Crippen molar-refractivity contribution in [3.05, 3.63) is 27.7 Å². The molecular weight excluding hydrogens is 349 g/mol. The number of phenols is 1. The lowest BCUT2D eigenvalue weighted by Crippen LogP contribution is -2.47. The van der Waals surface area contributed by atoms with Crippen LogP contribution in [0.1, 0.15) is 37.3 Å². The molecule has 0 aromatic heterocycles. The molecule has 2 atom stereocenters. The van der Waals surface area contributed by atoms with Gasteiger partial charge in [-0.25, -0.2) is 0 Å². The van der Waals surface area contributed by atoms with E-state index in [1.807, 2.05) is 4.90 Å². The normalized spacial score (nSPS) is 23.5. The van der Waals surface area contributed by atoms with E-state index in [2.05, 4.69) is 6.07 Å². The van der Waals surface area contributed by atoms with Gasteiger partial charge in [0.25, 0.3) is 0 Å². The number of phenolic OH excluding ortho intramolecular Hbond substituents is 1. The number of halogens is 2. The summed E-state index contributed by atoms with van der Waals surface area (Å²) in [6.45, 7) is 1.37. The number of nitriles is 1. The molecule has 130 valence electrons. The van der Waals surface area contributed by atoms with Crippen molar-refractivity contribution < 1.29 is 10.2 Å². The number of benzene rings is 1. The van der Waals surface area contributed by atoms with Gasteiger partial charge in [0.15, 0.2) is 0 Å². The topological polar surface area (TPSA) is 93.5 Å². The second-order valence-electron chi connectivity index (χ2n) is 6.87. The van der Waals surface area contributed by atoms with Crippen molar-refractivity contribution in [1.82, 2.24) is 4.90 Å². The van der Waals surface area contributed by atoms with Crippen molar-refractivity contribution in [2.45, 2.75) is 38.0 Å². The SMILES string of the molecule is N#CC1(C(O)N2CCC(C(N)c3cc(Cl)c(Cl)cc3O)CC2)CC1. The third kappa shape index (κ3) is 3.22. The zero-order valence-corrected chi connectivity index (χ0v) is 14.8. The Bertz CT molecular complexity index is 665. The zero-order chi connectivity index (χ0) is 17.5. The molecule has 2 aliphatic rings. The van der Waals surface area contributed by atoms with Crippen molar-refractivity contribution >= 4 is 23.2 Å². The fourth-order valence-electron chi connectivity index (χ4n) is 3.51. The van der Waals surface area contributed by atoms with Gasteiger partial charge in [0.1, 0.15) is 12.0 Å². The van der Waals surface area contributed by atoms with Crippen LogP contribution >= 0.6 is 23.2 Å². The van der Waals surface area contributed by atoms with Gasteiger partial charge < -0.3 is 15.9 Å². The van der Waals surface area contributed by atoms with Gasteiger partial charge in [0.2, 0.25) is 0 Å². The minimum atomic E-state index is -0.696. The molecule has 0 radical (unpaired) electrons. The second kappa shape index (κ2) is 6.70. The summed E-state index contributed by atoms with van der Waals surface area (Å²) in [6.07, 6.45) is 2.42. The number of aromatic hydroxyl groups is 1. The molecular formula is C17H21Cl2N3O2. The van der Waals surface area contributed by atoms with Gasteiger partial charge in [-0.15, -0.1) is 0 Å². The third-order valence-electron chi connectivity index (χ3n) is 5.36. The lowest BCUT2D eigenvalue weighted by molar-refractivity contribution is -0.0515. The summed E-state index contributed by atoms with van der Waals surface area (Å²) >= 11 is 11.9. The molecule has 1 aromatic rings. The molecule has 24 heavy (non-hydrogen) atoms. The van der Waals surface area contributed by atoms with E-state index in [0.29, 0.717) is 28.7 Å². The van der Waals surface area contributed by atoms with Crippen LogP contribution in [0.25, 0.3) is 0 Å². The van der Waals surface area contributed by atoms with Crippen LogP contribution in [0, 0.1) is 22.7 Å². The molecule has 0 spiro atoms. The van der Waals surface area contributed by atoms with Crippen molar-refractivity contribution in [3.63, 3.8) is 0 Å². The Labute approximate surface area is 151 Å². The lowest BCUT2D eigenvalue weighted by Gasteiger charge is -2.38. The molecule has 3 rings (SSSR count). The number of aliphatic hydroxyl groups excluding tert-OH is 1. The van der Waals surface area contributed by atoms with Crippen LogP contribution in [-0.2, 0) is 0 Å². The maximum absolute atomic E-state index is 10.4. The summed E-state index contributed by atoms with van der Waals surface area (Å²) in [5.41, 5.74) is 6.36. The lowest BCUT2D eigenvalue weighted by atomic mass is 9.85. The minimum absolute atomic E-state index is 0.0563. The molecule has 2 unspecified atom stereocenters. The van der Waals surface area contributed by atoms with Gasteiger partial charge in [0.05, 0.1) is 21.5 Å². The predicted octanol–water partition coefficient (Wildman–Crippen LogP) is 3.03. The number of hydrogen-bond acceptors (Lipinski definition) is 5. The molecule has 1 aliphatic carbocycles. The Balaban J connectivity index is 1.64. The summed E-state index contributed by atoms with van der Waals surface area (Å²) < 4.78 is 0. The monoisotopic (exact) mass is 369 g/mol. The van der Waals surface area contributed by atoms with Crippen LogP contribution in [0.15, 0.2) is 12.1 Å². The summed E-state index contributed by atoms with van der Waals surface area (Å²) in [5.74, 6) is 0.231. The highest BCUT2D eigenvalue weighted by molar-refractivity contribution is 6.42. The third-order valence-corrected chi connectivity index (χ3v) is 6.08. The highest BCUT2D eigenvalue weighted by Gasteiger charge is 2.52. The fourth-order valence-corrected chi connectivity index (χ4v) is 3.84. The number of likely N-dealkylation sites (tertiary alicyclic amines) is 1. The molecule has 1 heterocycles. The Hall–Kier alpha value is -1.03. The number of hydrogen-bond donors (Lipinski definition) is 3. The van der Waals surface area contributed by atoms with E-state index in [0.717, 1.165) is 25.7 Å². The summed E-state index contributed by atoms with van der Waals surface area (Å²) in [7, 11) is 0. The highest BCUT2D eigenvalue weighted by atomic mass is 35.5. The van der Waals surface area contributed by atoms with Gasteiger partial charge in [-0.2, -0.15) is 5.26 Å². The van der Waals surface area contributed by atoms with Crippen molar-refractivity contribution in [2.24, 2.45) is 17.1 Å². The smallest absolute Gasteiger partial charge is 0.126 e. The zero-order valence-electron chi connectivity index (χ0n) is 13.3. The maximum atomic E-state index is 10.4. The largest absolute Gasteiger partial charge is 0.508 e. The fraction of sp³-hybridized carbons (Fsp3) is 0.588. The van der Waals surface area contributed by atoms with Crippen LogP contribution in [0.2, 0.25) is 10.0 Å². The predicted molar refractivity (Wildman–Crippen MR) is 92.6 cm³/mol. The molecule has 4 N–H and O–H groups in total. The molecule has 1 aromatic carbocycles. The van der Waals surface area contributed by atoms with E-state index in [9.17, 15) is 15.5 Å². The van der Waals surface area contributed by atoms with Crippen LogP contribution in [-0.4, -0.2) is 34.4 Å². The summed E-state index contributed by atoms with van der Waals surface area (Å²) in [6, 6.07) is 4.95. The van der Waals surface area contributed by atoms with E-state index in [-0.39, 0.29) is 17.7 Å². The molecule has 2 fully saturated rings. The van der Waals surface area contributed by atoms with Gasteiger partial charge in [-0.1, -0.05) is 23.2 Å². The molecule has 7 heteroatoms. The molecule has 1 aliphatic heterocycles. The van der Waals surface area contributed by atoms with Crippen LogP contribution in [0.3, 0.4) is 0 Å². The number of nitrogens with zero attached hydrogens (tertiary/aromatic N) is 2. The molecule has 1 saturated carbocycles. The van der Waals surface area contributed by atoms with Gasteiger partial charge in [0, 0.05) is 30.8 Å². The van der Waals surface area contributed by atoms with E-state index >= 15 is 0 Å². The van der Waals surface area contributed by atoms with Gasteiger partial charge >= 0.3 is 0 Å². The summed E-state index contributed by atoms with van der Waals surface area (Å²) in [5, 5.41) is 30.4. The van der Waals surface area contributed by atoms with Crippen LogP contribution < -0.4 is 5.73 Å². The number of rotatable bonds is 4. The highest BCUT2D eigenvalue weighted by Crippen LogP contribution is 2.49. The average Bonchev–Trinajstić information content (AvgIpc) is 3.38.